The number of nitrogens with two attached hydrogens (primary N) is 1. The van der Waals surface area contributed by atoms with Gasteiger partial charge in [0.2, 0.25) is 5.91 Å². The summed E-state index contributed by atoms with van der Waals surface area (Å²) in [4.78, 5) is 11.2. The highest BCUT2D eigenvalue weighted by molar-refractivity contribution is 5.91. The highest BCUT2D eigenvalue weighted by Crippen LogP contribution is 2.21. The first-order chi connectivity index (χ1) is 6.54. The predicted molar refractivity (Wildman–Crippen MR) is 59.2 cm³/mol. The van der Waals surface area contributed by atoms with Crippen LogP contribution < -0.4 is 11.1 Å². The molecule has 14 heavy (non-hydrogen) atoms. The van der Waals surface area contributed by atoms with Crippen LogP contribution in [-0.4, -0.2) is 5.91 Å². The van der Waals surface area contributed by atoms with E-state index in [1.807, 2.05) is 32.9 Å². The standard InChI is InChI=1S/C11H16N2O/c1-4-11(14)13-10-6-7(2)9(12)5-8(10)3/h5-6H,4,12H2,1-3H3,(H,13,14). The van der Waals surface area contributed by atoms with E-state index in [0.29, 0.717) is 6.42 Å². The van der Waals surface area contributed by atoms with Gasteiger partial charge in [-0.1, -0.05) is 6.92 Å². The van der Waals surface area contributed by atoms with Crippen molar-refractivity contribution in [2.45, 2.75) is 27.2 Å². The van der Waals surface area contributed by atoms with Gasteiger partial charge in [0.1, 0.15) is 0 Å². The van der Waals surface area contributed by atoms with Gasteiger partial charge in [-0.05, 0) is 37.1 Å². The molecular weight excluding hydrogens is 176 g/mol. The minimum Gasteiger partial charge on any atom is -0.399 e. The van der Waals surface area contributed by atoms with Crippen molar-refractivity contribution in [1.29, 1.82) is 0 Å². The molecule has 0 fully saturated rings. The van der Waals surface area contributed by atoms with Crippen LogP contribution in [0.1, 0.15) is 24.5 Å². The van der Waals surface area contributed by atoms with Crippen molar-refractivity contribution in [1.82, 2.24) is 0 Å². The van der Waals surface area contributed by atoms with E-state index in [0.717, 1.165) is 22.5 Å². The lowest BCUT2D eigenvalue weighted by molar-refractivity contribution is -0.115. The first-order valence-electron chi connectivity index (χ1n) is 4.71. The number of nitrogen functional groups attached to an aromatic ring is 1. The van der Waals surface area contributed by atoms with Crippen LogP contribution in [-0.2, 0) is 4.79 Å². The van der Waals surface area contributed by atoms with Crippen LogP contribution in [0.4, 0.5) is 11.4 Å². The molecule has 3 nitrogen and oxygen atoms in total. The third kappa shape index (κ3) is 2.25. The lowest BCUT2D eigenvalue weighted by atomic mass is 10.1. The second-order valence-corrected chi connectivity index (χ2v) is 3.43. The molecule has 0 unspecified atom stereocenters. The maximum atomic E-state index is 11.2. The van der Waals surface area contributed by atoms with Crippen LogP contribution in [0.3, 0.4) is 0 Å². The van der Waals surface area contributed by atoms with Crippen molar-refractivity contribution >= 4 is 17.3 Å². The van der Waals surface area contributed by atoms with Gasteiger partial charge in [-0.2, -0.15) is 0 Å². The number of carbonyl (C=O) groups is 1. The summed E-state index contributed by atoms with van der Waals surface area (Å²) in [5, 5.41) is 2.83. The third-order valence-corrected chi connectivity index (χ3v) is 2.21. The summed E-state index contributed by atoms with van der Waals surface area (Å²) in [5.74, 6) is 0.0253. The molecule has 0 saturated carbocycles. The number of benzene rings is 1. The molecule has 0 radical (unpaired) electrons. The van der Waals surface area contributed by atoms with Crippen LogP contribution >= 0.6 is 0 Å². The molecule has 0 saturated heterocycles. The van der Waals surface area contributed by atoms with Crippen molar-refractivity contribution in [2.75, 3.05) is 11.1 Å². The summed E-state index contributed by atoms with van der Waals surface area (Å²) in [7, 11) is 0. The molecule has 0 aromatic heterocycles. The molecule has 0 spiro atoms. The molecule has 1 aromatic carbocycles. The SMILES string of the molecule is CCC(=O)Nc1cc(C)c(N)cc1C. The molecule has 1 amide bonds. The van der Waals surface area contributed by atoms with E-state index in [2.05, 4.69) is 5.32 Å². The Morgan fingerprint density at radius 3 is 2.57 bits per heavy atom. The summed E-state index contributed by atoms with van der Waals surface area (Å²) in [5.41, 5.74) is 9.34. The maximum Gasteiger partial charge on any atom is 0.224 e. The zero-order valence-electron chi connectivity index (χ0n) is 8.85. The highest BCUT2D eigenvalue weighted by atomic mass is 16.1. The number of hydrogen-bond acceptors (Lipinski definition) is 2. The first kappa shape index (κ1) is 10.6. The molecule has 76 valence electrons. The number of carbonyl (C=O) groups excluding carboxylic acids is 1. The Balaban J connectivity index is 2.98. The Morgan fingerprint density at radius 1 is 1.36 bits per heavy atom. The Bertz CT molecular complexity index is 359. The van der Waals surface area contributed by atoms with E-state index in [-0.39, 0.29) is 5.91 Å². The zero-order chi connectivity index (χ0) is 10.7. The van der Waals surface area contributed by atoms with Gasteiger partial charge >= 0.3 is 0 Å². The fourth-order valence-corrected chi connectivity index (χ4v) is 1.21. The maximum absolute atomic E-state index is 11.2. The molecular formula is C11H16N2O. The summed E-state index contributed by atoms with van der Waals surface area (Å²) in [6.45, 7) is 5.69. The van der Waals surface area contributed by atoms with Gasteiger partial charge in [0, 0.05) is 17.8 Å². The number of amides is 1. The first-order valence-corrected chi connectivity index (χ1v) is 4.71. The molecule has 0 bridgehead atoms. The molecule has 3 N–H and O–H groups in total. The van der Waals surface area contributed by atoms with E-state index in [1.165, 1.54) is 0 Å². The molecule has 0 atom stereocenters. The summed E-state index contributed by atoms with van der Waals surface area (Å²) >= 11 is 0. The van der Waals surface area contributed by atoms with Gasteiger partial charge in [0.05, 0.1) is 0 Å². The monoisotopic (exact) mass is 192 g/mol. The van der Waals surface area contributed by atoms with Crippen LogP contribution in [0.5, 0.6) is 0 Å². The fourth-order valence-electron chi connectivity index (χ4n) is 1.21. The van der Waals surface area contributed by atoms with Crippen LogP contribution in [0, 0.1) is 13.8 Å². The van der Waals surface area contributed by atoms with Crippen LogP contribution in [0.25, 0.3) is 0 Å². The normalized spacial score (nSPS) is 9.93. The van der Waals surface area contributed by atoms with Gasteiger partial charge < -0.3 is 11.1 Å². The second kappa shape index (κ2) is 4.13. The highest BCUT2D eigenvalue weighted by Gasteiger charge is 2.04. The minimum absolute atomic E-state index is 0.0253. The Hall–Kier alpha value is -1.51. The van der Waals surface area contributed by atoms with Gasteiger partial charge in [-0.3, -0.25) is 4.79 Å². The second-order valence-electron chi connectivity index (χ2n) is 3.43. The molecule has 0 aliphatic heterocycles. The Kier molecular flexibility index (Phi) is 3.12. The van der Waals surface area contributed by atoms with E-state index >= 15 is 0 Å². The van der Waals surface area contributed by atoms with Crippen molar-refractivity contribution < 1.29 is 4.79 Å². The van der Waals surface area contributed by atoms with Gasteiger partial charge in [0.25, 0.3) is 0 Å². The largest absolute Gasteiger partial charge is 0.399 e. The molecule has 0 heterocycles. The van der Waals surface area contributed by atoms with Gasteiger partial charge in [0.15, 0.2) is 0 Å². The van der Waals surface area contributed by atoms with Crippen LogP contribution in [0.2, 0.25) is 0 Å². The number of hydrogen-bond donors (Lipinski definition) is 2. The van der Waals surface area contributed by atoms with E-state index < -0.39 is 0 Å². The minimum atomic E-state index is 0.0253. The fraction of sp³-hybridized carbons (Fsp3) is 0.364. The van der Waals surface area contributed by atoms with E-state index in [9.17, 15) is 4.79 Å². The summed E-state index contributed by atoms with van der Waals surface area (Å²) in [6, 6.07) is 3.78. The van der Waals surface area contributed by atoms with Crippen molar-refractivity contribution in [3.8, 4) is 0 Å². The summed E-state index contributed by atoms with van der Waals surface area (Å²) < 4.78 is 0. The number of rotatable bonds is 2. The quantitative estimate of drug-likeness (QED) is 0.706. The zero-order valence-corrected chi connectivity index (χ0v) is 8.85. The molecule has 1 aromatic rings. The van der Waals surface area contributed by atoms with Crippen molar-refractivity contribution in [3.05, 3.63) is 23.3 Å². The average Bonchev–Trinajstić information content (AvgIpc) is 2.14. The molecule has 0 aliphatic rings. The van der Waals surface area contributed by atoms with Gasteiger partial charge in [-0.15, -0.1) is 0 Å². The number of nitrogens with one attached hydrogen (secondary N) is 1. The van der Waals surface area contributed by atoms with Crippen LogP contribution in [0.15, 0.2) is 12.1 Å². The van der Waals surface area contributed by atoms with Crippen molar-refractivity contribution in [3.63, 3.8) is 0 Å². The van der Waals surface area contributed by atoms with E-state index in [1.54, 1.807) is 0 Å². The van der Waals surface area contributed by atoms with E-state index in [4.69, 9.17) is 5.73 Å². The lowest BCUT2D eigenvalue weighted by Crippen LogP contribution is -2.11. The topological polar surface area (TPSA) is 55.1 Å². The third-order valence-electron chi connectivity index (χ3n) is 2.21. The van der Waals surface area contributed by atoms with Crippen molar-refractivity contribution in [2.24, 2.45) is 0 Å². The Morgan fingerprint density at radius 2 is 2.00 bits per heavy atom. The number of anilines is 2. The summed E-state index contributed by atoms with van der Waals surface area (Å²) in [6.07, 6.45) is 0.489. The smallest absolute Gasteiger partial charge is 0.224 e. The molecule has 0 aliphatic carbocycles. The predicted octanol–water partition coefficient (Wildman–Crippen LogP) is 2.23. The average molecular weight is 192 g/mol. The number of aryl methyl sites for hydroxylation is 2. The lowest BCUT2D eigenvalue weighted by Gasteiger charge is -2.10. The van der Waals surface area contributed by atoms with Gasteiger partial charge in [-0.25, -0.2) is 0 Å². The Labute approximate surface area is 84.3 Å². The molecule has 1 rings (SSSR count). The molecule has 3 heteroatoms.